The Morgan fingerprint density at radius 3 is 1.95 bits per heavy atom. The highest BCUT2D eigenvalue weighted by molar-refractivity contribution is 7.49. The van der Waals surface area contributed by atoms with Gasteiger partial charge in [0.2, 0.25) is 0 Å². The molecule has 0 aliphatic heterocycles. The van der Waals surface area contributed by atoms with Crippen LogP contribution in [0.5, 0.6) is 5.75 Å². The van der Waals surface area contributed by atoms with Crippen LogP contribution in [-0.4, -0.2) is 6.21 Å². The summed E-state index contributed by atoms with van der Waals surface area (Å²) < 4.78 is 6.88. The van der Waals surface area contributed by atoms with Crippen LogP contribution in [0.3, 0.4) is 0 Å². The normalized spacial score (nSPS) is 14.0. The van der Waals surface area contributed by atoms with Crippen molar-refractivity contribution in [1.82, 2.24) is 0 Å². The van der Waals surface area contributed by atoms with Crippen LogP contribution in [0.1, 0.15) is 95.2 Å². The number of para-hydroxylation sites is 1. The summed E-state index contributed by atoms with van der Waals surface area (Å²) in [5.74, 6) is 1.05. The van der Waals surface area contributed by atoms with Gasteiger partial charge in [0.1, 0.15) is 12.4 Å². The van der Waals surface area contributed by atoms with Gasteiger partial charge >= 0.3 is 0 Å². The number of aliphatic imine (C=N–C) groups is 1. The maximum absolute atomic E-state index is 6.88. The molecular formula is C39H48NOP. The highest BCUT2D eigenvalue weighted by Crippen LogP contribution is 2.51. The van der Waals surface area contributed by atoms with Gasteiger partial charge in [-0.3, -0.25) is 4.99 Å². The number of rotatable bonds is 9. The molecule has 4 aromatic carbocycles. The molecule has 0 fully saturated rings. The first-order chi connectivity index (χ1) is 19.8. The van der Waals surface area contributed by atoms with E-state index < -0.39 is 0 Å². The molecule has 2 unspecified atom stereocenters. The van der Waals surface area contributed by atoms with E-state index >= 15 is 0 Å². The molecule has 220 valence electrons. The molecule has 0 heterocycles. The quantitative estimate of drug-likeness (QED) is 0.143. The van der Waals surface area contributed by atoms with E-state index in [1.165, 1.54) is 38.7 Å². The van der Waals surface area contributed by atoms with Crippen molar-refractivity contribution < 1.29 is 4.74 Å². The van der Waals surface area contributed by atoms with Crippen molar-refractivity contribution >= 4 is 25.8 Å². The third-order valence-electron chi connectivity index (χ3n) is 8.11. The van der Waals surface area contributed by atoms with Crippen molar-refractivity contribution in [2.24, 2.45) is 4.99 Å². The first-order valence-electron chi connectivity index (χ1n) is 15.1. The molecule has 4 aromatic rings. The third-order valence-corrected chi connectivity index (χ3v) is 10.2. The Balaban J connectivity index is 1.88. The number of benzene rings is 4. The van der Waals surface area contributed by atoms with Crippen LogP contribution in [0.15, 0.2) is 96.0 Å². The van der Waals surface area contributed by atoms with E-state index in [1.807, 2.05) is 36.5 Å². The SMILES string of the molecule is CCC(C)(Pc1c(C)cccc1/C=N/c1ccccc1)c1cc(C(C)(C)C)cc(C(C)(C)C)c1OCc1ccccc1. The van der Waals surface area contributed by atoms with Crippen molar-refractivity contribution in [2.75, 3.05) is 0 Å². The van der Waals surface area contributed by atoms with E-state index in [0.717, 1.165) is 17.9 Å². The largest absolute Gasteiger partial charge is 0.488 e. The van der Waals surface area contributed by atoms with E-state index in [9.17, 15) is 0 Å². The molecule has 0 spiro atoms. The van der Waals surface area contributed by atoms with Gasteiger partial charge in [-0.1, -0.05) is 143 Å². The zero-order valence-corrected chi connectivity index (χ0v) is 28.0. The Hall–Kier alpha value is -3.22. The van der Waals surface area contributed by atoms with E-state index in [1.54, 1.807) is 0 Å². The summed E-state index contributed by atoms with van der Waals surface area (Å²) in [6, 6.07) is 32.1. The standard InChI is InChI=1S/C39H48NOP/c1-10-39(9,42-36-28(2)18-17-21-30(36)26-40-32-22-15-12-16-23-32)34-25-31(37(3,4)5)24-33(38(6,7)8)35(34)41-27-29-19-13-11-14-20-29/h11-26,42H,10,27H2,1-9H3/b40-26+. The Kier molecular flexibility index (Phi) is 9.79. The summed E-state index contributed by atoms with van der Waals surface area (Å²) in [7, 11) is 0.547. The maximum atomic E-state index is 6.88. The van der Waals surface area contributed by atoms with Crippen molar-refractivity contribution in [1.29, 1.82) is 0 Å². The fraction of sp³-hybridized carbons (Fsp3) is 0.359. The minimum Gasteiger partial charge on any atom is -0.488 e. The Morgan fingerprint density at radius 1 is 0.738 bits per heavy atom. The van der Waals surface area contributed by atoms with Crippen molar-refractivity contribution in [3.05, 3.63) is 124 Å². The average molecular weight is 578 g/mol. The molecule has 0 aliphatic rings. The summed E-state index contributed by atoms with van der Waals surface area (Å²) in [5.41, 5.74) is 8.53. The molecule has 0 radical (unpaired) electrons. The predicted octanol–water partition coefficient (Wildman–Crippen LogP) is 10.5. The second-order valence-electron chi connectivity index (χ2n) is 13.6. The van der Waals surface area contributed by atoms with Crippen molar-refractivity contribution in [2.45, 2.75) is 91.3 Å². The molecule has 0 bridgehead atoms. The topological polar surface area (TPSA) is 21.6 Å². The van der Waals surface area contributed by atoms with Crippen molar-refractivity contribution in [3.8, 4) is 5.75 Å². The fourth-order valence-electron chi connectivity index (χ4n) is 5.16. The smallest absolute Gasteiger partial charge is 0.127 e. The monoisotopic (exact) mass is 577 g/mol. The van der Waals surface area contributed by atoms with E-state index in [4.69, 9.17) is 9.73 Å². The predicted molar refractivity (Wildman–Crippen MR) is 185 cm³/mol. The highest BCUT2D eigenvalue weighted by Gasteiger charge is 2.35. The second kappa shape index (κ2) is 13.0. The van der Waals surface area contributed by atoms with E-state index in [0.29, 0.717) is 15.2 Å². The summed E-state index contributed by atoms with van der Waals surface area (Å²) in [6.45, 7) is 21.4. The van der Waals surface area contributed by atoms with E-state index in [-0.39, 0.29) is 16.0 Å². The van der Waals surface area contributed by atoms with Gasteiger partial charge in [0.25, 0.3) is 0 Å². The van der Waals surface area contributed by atoms with Gasteiger partial charge in [-0.25, -0.2) is 0 Å². The highest BCUT2D eigenvalue weighted by atomic mass is 31.1. The fourth-order valence-corrected chi connectivity index (χ4v) is 6.78. The van der Waals surface area contributed by atoms with Crippen LogP contribution in [-0.2, 0) is 22.6 Å². The molecule has 2 atom stereocenters. The van der Waals surface area contributed by atoms with Crippen LogP contribution in [0.4, 0.5) is 5.69 Å². The molecule has 0 saturated heterocycles. The number of hydrogen-bond acceptors (Lipinski definition) is 2. The van der Waals surface area contributed by atoms with Crippen LogP contribution >= 0.6 is 8.58 Å². The summed E-state index contributed by atoms with van der Waals surface area (Å²) in [4.78, 5) is 4.83. The summed E-state index contributed by atoms with van der Waals surface area (Å²) >= 11 is 0. The lowest BCUT2D eigenvalue weighted by molar-refractivity contribution is 0.290. The van der Waals surface area contributed by atoms with Gasteiger partial charge in [0.05, 0.1) is 5.69 Å². The van der Waals surface area contributed by atoms with Gasteiger partial charge in [0, 0.05) is 28.1 Å². The first-order valence-corrected chi connectivity index (χ1v) is 16.1. The summed E-state index contributed by atoms with van der Waals surface area (Å²) in [5, 5.41) is 1.24. The van der Waals surface area contributed by atoms with Gasteiger partial charge in [0.15, 0.2) is 0 Å². The zero-order chi connectivity index (χ0) is 30.5. The van der Waals surface area contributed by atoms with Gasteiger partial charge in [-0.05, 0) is 58.3 Å². The minimum atomic E-state index is -0.130. The molecular weight excluding hydrogens is 529 g/mol. The Labute approximate surface area is 256 Å². The first kappa shape index (κ1) is 31.7. The Morgan fingerprint density at radius 2 is 1.36 bits per heavy atom. The molecule has 3 heteroatoms. The molecule has 0 saturated carbocycles. The molecule has 4 rings (SSSR count). The van der Waals surface area contributed by atoms with Crippen LogP contribution < -0.4 is 10.0 Å². The number of hydrogen-bond donors (Lipinski definition) is 0. The lowest BCUT2D eigenvalue weighted by Gasteiger charge is -2.37. The van der Waals surface area contributed by atoms with Gasteiger partial charge in [-0.2, -0.15) is 0 Å². The van der Waals surface area contributed by atoms with Gasteiger partial charge < -0.3 is 4.74 Å². The second-order valence-corrected chi connectivity index (χ2v) is 15.5. The Bertz CT molecular complexity index is 1510. The third kappa shape index (κ3) is 7.59. The van der Waals surface area contributed by atoms with E-state index in [2.05, 4.69) is 123 Å². The van der Waals surface area contributed by atoms with Crippen LogP contribution in [0.25, 0.3) is 0 Å². The van der Waals surface area contributed by atoms with Gasteiger partial charge in [-0.15, -0.1) is 0 Å². The summed E-state index contributed by atoms with van der Waals surface area (Å²) in [6.07, 6.45) is 3.04. The molecule has 0 aliphatic carbocycles. The maximum Gasteiger partial charge on any atom is 0.127 e. The zero-order valence-electron chi connectivity index (χ0n) is 27.0. The number of ether oxygens (including phenoxy) is 1. The van der Waals surface area contributed by atoms with Crippen LogP contribution in [0.2, 0.25) is 0 Å². The number of nitrogens with zero attached hydrogens (tertiary/aromatic N) is 1. The number of aryl methyl sites for hydroxylation is 1. The lowest BCUT2D eigenvalue weighted by Crippen LogP contribution is -2.26. The molecule has 42 heavy (non-hydrogen) atoms. The molecule has 0 N–H and O–H groups in total. The molecule has 0 aromatic heterocycles. The lowest BCUT2D eigenvalue weighted by atomic mass is 9.77. The minimum absolute atomic E-state index is 0.0145. The molecule has 0 amide bonds. The van der Waals surface area contributed by atoms with Crippen LogP contribution in [0, 0.1) is 6.92 Å². The van der Waals surface area contributed by atoms with Crippen molar-refractivity contribution in [3.63, 3.8) is 0 Å². The molecule has 2 nitrogen and oxygen atoms in total. The average Bonchev–Trinajstić information content (AvgIpc) is 2.96.